The smallest absolute Gasteiger partial charge is 0.136 e. The maximum atomic E-state index is 9.20. The van der Waals surface area contributed by atoms with E-state index in [2.05, 4.69) is 15.3 Å². The van der Waals surface area contributed by atoms with Gasteiger partial charge in [-0.15, -0.1) is 0 Å². The number of nitrogens with two attached hydrogens (primary N) is 1. The third kappa shape index (κ3) is 2.66. The first-order valence-electron chi connectivity index (χ1n) is 6.17. The van der Waals surface area contributed by atoms with Gasteiger partial charge in [-0.1, -0.05) is 6.92 Å². The van der Waals surface area contributed by atoms with Crippen LogP contribution < -0.4 is 11.1 Å². The van der Waals surface area contributed by atoms with Gasteiger partial charge >= 0.3 is 0 Å². The van der Waals surface area contributed by atoms with Gasteiger partial charge in [-0.2, -0.15) is 0 Å². The first kappa shape index (κ1) is 12.1. The van der Waals surface area contributed by atoms with Crippen molar-refractivity contribution in [2.45, 2.75) is 45.1 Å². The lowest BCUT2D eigenvalue weighted by molar-refractivity contribution is 0.271. The van der Waals surface area contributed by atoms with Gasteiger partial charge in [0.15, 0.2) is 0 Å². The van der Waals surface area contributed by atoms with E-state index in [4.69, 9.17) is 5.73 Å². The van der Waals surface area contributed by atoms with Crippen LogP contribution in [0, 0.1) is 6.92 Å². The van der Waals surface area contributed by atoms with Crippen molar-refractivity contribution in [2.75, 3.05) is 17.7 Å². The van der Waals surface area contributed by atoms with E-state index in [-0.39, 0.29) is 12.6 Å². The van der Waals surface area contributed by atoms with Crippen molar-refractivity contribution in [3.05, 3.63) is 11.4 Å². The van der Waals surface area contributed by atoms with Crippen molar-refractivity contribution in [1.82, 2.24) is 9.97 Å². The second-order valence-corrected chi connectivity index (χ2v) is 4.65. The molecule has 1 heterocycles. The van der Waals surface area contributed by atoms with E-state index >= 15 is 0 Å². The molecule has 1 unspecified atom stereocenters. The van der Waals surface area contributed by atoms with E-state index < -0.39 is 0 Å². The molecule has 4 N–H and O–H groups in total. The summed E-state index contributed by atoms with van der Waals surface area (Å²) >= 11 is 0. The van der Waals surface area contributed by atoms with Gasteiger partial charge in [0.05, 0.1) is 12.6 Å². The molecule has 1 aromatic heterocycles. The minimum atomic E-state index is 0.0232. The number of hydrogen-bond donors (Lipinski definition) is 3. The van der Waals surface area contributed by atoms with Crippen LogP contribution in [0.5, 0.6) is 0 Å². The first-order valence-corrected chi connectivity index (χ1v) is 6.17. The lowest BCUT2D eigenvalue weighted by Gasteiger charge is -2.17. The first-order chi connectivity index (χ1) is 8.15. The summed E-state index contributed by atoms with van der Waals surface area (Å²) in [7, 11) is 0. The fourth-order valence-electron chi connectivity index (χ4n) is 1.69. The number of nitrogen functional groups attached to an aromatic ring is 1. The lowest BCUT2D eigenvalue weighted by atomic mass is 10.2. The highest BCUT2D eigenvalue weighted by Gasteiger charge is 2.28. The summed E-state index contributed by atoms with van der Waals surface area (Å²) in [5.41, 5.74) is 6.75. The summed E-state index contributed by atoms with van der Waals surface area (Å²) in [5.74, 6) is 2.62. The van der Waals surface area contributed by atoms with Crippen LogP contribution in [-0.4, -0.2) is 27.7 Å². The van der Waals surface area contributed by atoms with Gasteiger partial charge in [0.1, 0.15) is 17.5 Å². The number of hydrogen-bond acceptors (Lipinski definition) is 5. The molecule has 0 aromatic carbocycles. The molecule has 5 heteroatoms. The molecule has 0 amide bonds. The second-order valence-electron chi connectivity index (χ2n) is 4.65. The Kier molecular flexibility index (Phi) is 3.47. The number of aliphatic hydroxyl groups is 1. The van der Waals surface area contributed by atoms with Crippen LogP contribution in [0.15, 0.2) is 0 Å². The maximum Gasteiger partial charge on any atom is 0.136 e. The van der Waals surface area contributed by atoms with E-state index in [1.165, 1.54) is 0 Å². The zero-order valence-electron chi connectivity index (χ0n) is 10.4. The molecule has 0 radical (unpaired) electrons. The molecule has 1 fully saturated rings. The molecule has 1 aromatic rings. The van der Waals surface area contributed by atoms with Gasteiger partial charge in [0.25, 0.3) is 0 Å². The molecule has 0 aliphatic heterocycles. The maximum absolute atomic E-state index is 9.20. The Hall–Kier alpha value is -1.36. The quantitative estimate of drug-likeness (QED) is 0.720. The Morgan fingerprint density at radius 3 is 2.71 bits per heavy atom. The van der Waals surface area contributed by atoms with Crippen molar-refractivity contribution >= 4 is 11.6 Å². The molecule has 1 saturated carbocycles. The number of nitrogens with one attached hydrogen (secondary N) is 1. The molecule has 17 heavy (non-hydrogen) atoms. The molecule has 2 rings (SSSR count). The van der Waals surface area contributed by atoms with Gasteiger partial charge in [-0.05, 0) is 26.2 Å². The summed E-state index contributed by atoms with van der Waals surface area (Å²) in [4.78, 5) is 8.84. The van der Waals surface area contributed by atoms with E-state index in [9.17, 15) is 5.11 Å². The molecular weight excluding hydrogens is 216 g/mol. The van der Waals surface area contributed by atoms with Crippen molar-refractivity contribution in [3.8, 4) is 0 Å². The van der Waals surface area contributed by atoms with Crippen LogP contribution in [0.25, 0.3) is 0 Å². The number of rotatable bonds is 5. The molecule has 0 spiro atoms. The van der Waals surface area contributed by atoms with Gasteiger partial charge < -0.3 is 16.2 Å². The Morgan fingerprint density at radius 1 is 1.47 bits per heavy atom. The molecule has 0 saturated heterocycles. The van der Waals surface area contributed by atoms with Gasteiger partial charge in [-0.3, -0.25) is 0 Å². The Balaban J connectivity index is 2.24. The van der Waals surface area contributed by atoms with Crippen molar-refractivity contribution in [3.63, 3.8) is 0 Å². The number of aromatic nitrogens is 2. The molecule has 1 aliphatic carbocycles. The fraction of sp³-hybridized carbons (Fsp3) is 0.667. The molecule has 0 bridgehead atoms. The van der Waals surface area contributed by atoms with Gasteiger partial charge in [-0.25, -0.2) is 9.97 Å². The van der Waals surface area contributed by atoms with Crippen LogP contribution in [-0.2, 0) is 0 Å². The predicted molar refractivity (Wildman–Crippen MR) is 67.9 cm³/mol. The predicted octanol–water partition coefficient (Wildman–Crippen LogP) is 1.43. The zero-order valence-corrected chi connectivity index (χ0v) is 10.4. The van der Waals surface area contributed by atoms with Gasteiger partial charge in [0, 0.05) is 11.5 Å². The minimum Gasteiger partial charge on any atom is -0.394 e. The Morgan fingerprint density at radius 2 is 2.18 bits per heavy atom. The third-order valence-electron chi connectivity index (χ3n) is 3.20. The molecule has 5 nitrogen and oxygen atoms in total. The van der Waals surface area contributed by atoms with Crippen LogP contribution in [0.4, 0.5) is 11.6 Å². The topological polar surface area (TPSA) is 84.1 Å². The Bertz CT molecular complexity index is 400. The highest BCUT2D eigenvalue weighted by molar-refractivity contribution is 5.55. The van der Waals surface area contributed by atoms with Crippen LogP contribution >= 0.6 is 0 Å². The number of nitrogens with zero attached hydrogens (tertiary/aromatic N) is 2. The summed E-state index contributed by atoms with van der Waals surface area (Å²) in [6.07, 6.45) is 3.15. The monoisotopic (exact) mass is 236 g/mol. The normalized spacial score (nSPS) is 16.9. The highest BCUT2D eigenvalue weighted by Crippen LogP contribution is 2.39. The highest BCUT2D eigenvalue weighted by atomic mass is 16.3. The van der Waals surface area contributed by atoms with E-state index in [1.807, 2.05) is 13.8 Å². The molecular formula is C12H20N4O. The van der Waals surface area contributed by atoms with Crippen LogP contribution in [0.1, 0.15) is 43.5 Å². The SMILES string of the molecule is CCC(CO)Nc1nc(C2CC2)nc(N)c1C. The van der Waals surface area contributed by atoms with E-state index in [1.54, 1.807) is 0 Å². The summed E-state index contributed by atoms with van der Waals surface area (Å²) < 4.78 is 0. The molecule has 1 atom stereocenters. The molecule has 94 valence electrons. The summed E-state index contributed by atoms with van der Waals surface area (Å²) in [6.45, 7) is 4.02. The summed E-state index contributed by atoms with van der Waals surface area (Å²) in [5, 5.41) is 12.4. The largest absolute Gasteiger partial charge is 0.394 e. The standard InChI is InChI=1S/C12H20N4O/c1-3-9(6-17)14-11-7(2)10(13)15-12(16-11)8-4-5-8/h8-9,17H,3-6H2,1-2H3,(H3,13,14,15,16). The molecule has 1 aliphatic rings. The Labute approximate surface area is 101 Å². The average Bonchev–Trinajstić information content (AvgIpc) is 3.15. The average molecular weight is 236 g/mol. The number of anilines is 2. The third-order valence-corrected chi connectivity index (χ3v) is 3.20. The minimum absolute atomic E-state index is 0.0232. The van der Waals surface area contributed by atoms with Crippen molar-refractivity contribution in [2.24, 2.45) is 0 Å². The van der Waals surface area contributed by atoms with Crippen LogP contribution in [0.2, 0.25) is 0 Å². The van der Waals surface area contributed by atoms with E-state index in [0.29, 0.717) is 11.7 Å². The van der Waals surface area contributed by atoms with Crippen molar-refractivity contribution < 1.29 is 5.11 Å². The van der Waals surface area contributed by atoms with Crippen molar-refractivity contribution in [1.29, 1.82) is 0 Å². The second kappa shape index (κ2) is 4.87. The zero-order chi connectivity index (χ0) is 12.4. The summed E-state index contributed by atoms with van der Waals surface area (Å²) in [6, 6.07) is 0.0232. The fourth-order valence-corrected chi connectivity index (χ4v) is 1.69. The lowest BCUT2D eigenvalue weighted by Crippen LogP contribution is -2.24. The van der Waals surface area contributed by atoms with Crippen LogP contribution in [0.3, 0.4) is 0 Å². The number of aliphatic hydroxyl groups excluding tert-OH is 1. The van der Waals surface area contributed by atoms with E-state index in [0.717, 1.165) is 36.5 Å². The van der Waals surface area contributed by atoms with Gasteiger partial charge in [0.2, 0.25) is 0 Å².